The van der Waals surface area contributed by atoms with Gasteiger partial charge in [0, 0.05) is 6.54 Å². The summed E-state index contributed by atoms with van der Waals surface area (Å²) in [6.07, 6.45) is 6.49. The molecule has 2 heterocycles. The van der Waals surface area contributed by atoms with Gasteiger partial charge in [-0.15, -0.1) is 0 Å². The normalized spacial score (nSPS) is 30.4. The predicted molar refractivity (Wildman–Crippen MR) is 95.7 cm³/mol. The Bertz CT molecular complexity index is 373. The molecule has 0 spiro atoms. The third kappa shape index (κ3) is 3.35. The van der Waals surface area contributed by atoms with Crippen molar-refractivity contribution in [1.82, 2.24) is 4.90 Å². The van der Waals surface area contributed by atoms with E-state index in [0.717, 1.165) is 19.5 Å². The van der Waals surface area contributed by atoms with E-state index in [0.29, 0.717) is 28.8 Å². The van der Waals surface area contributed by atoms with E-state index in [1.54, 1.807) is 0 Å². The average Bonchev–Trinajstić information content (AvgIpc) is 2.43. The van der Waals surface area contributed by atoms with Crippen LogP contribution in [0.3, 0.4) is 0 Å². The van der Waals surface area contributed by atoms with E-state index in [-0.39, 0.29) is 6.10 Å². The second-order valence-corrected chi connectivity index (χ2v) is 13.5. The summed E-state index contributed by atoms with van der Waals surface area (Å²) in [4.78, 5) is 2.42. The van der Waals surface area contributed by atoms with Gasteiger partial charge in [-0.25, -0.2) is 0 Å². The highest BCUT2D eigenvalue weighted by Gasteiger charge is 2.48. The molecule has 2 rings (SSSR count). The van der Waals surface area contributed by atoms with Crippen molar-refractivity contribution in [1.29, 1.82) is 0 Å². The number of rotatable bonds is 5. The van der Waals surface area contributed by atoms with E-state index in [2.05, 4.69) is 52.5 Å². The predicted octanol–water partition coefficient (Wildman–Crippen LogP) is 3.94. The highest BCUT2D eigenvalue weighted by Crippen LogP contribution is 2.44. The fraction of sp³-hybridized carbons (Fsp3) is 0.889. The molecular weight excluding hydrogens is 290 g/mol. The minimum atomic E-state index is -1.83. The zero-order valence-electron chi connectivity index (χ0n) is 15.2. The molecule has 1 N–H and O–H groups in total. The van der Waals surface area contributed by atoms with Gasteiger partial charge in [0.15, 0.2) is 0 Å². The smallest absolute Gasteiger partial charge is 0.200 e. The number of aliphatic hydroxyl groups excluding tert-OH is 1. The van der Waals surface area contributed by atoms with Crippen LogP contribution in [0, 0.1) is 0 Å². The Hall–Kier alpha value is -0.163. The molecule has 2 aliphatic heterocycles. The highest BCUT2D eigenvalue weighted by atomic mass is 28.4. The van der Waals surface area contributed by atoms with E-state index in [1.165, 1.54) is 6.42 Å². The van der Waals surface area contributed by atoms with Crippen molar-refractivity contribution in [2.75, 3.05) is 13.1 Å². The minimum Gasteiger partial charge on any atom is -0.411 e. The Labute approximate surface area is 137 Å². The van der Waals surface area contributed by atoms with Crippen molar-refractivity contribution in [3.05, 3.63) is 12.2 Å². The summed E-state index contributed by atoms with van der Waals surface area (Å²) in [5.41, 5.74) is 1.88. The van der Waals surface area contributed by atoms with Crippen LogP contribution in [0.5, 0.6) is 0 Å². The largest absolute Gasteiger partial charge is 0.411 e. The molecule has 4 heteroatoms. The second-order valence-electron chi connectivity index (χ2n) is 8.05. The van der Waals surface area contributed by atoms with Gasteiger partial charge >= 0.3 is 0 Å². The van der Waals surface area contributed by atoms with Gasteiger partial charge in [-0.3, -0.25) is 4.90 Å². The van der Waals surface area contributed by atoms with Gasteiger partial charge in [0.2, 0.25) is 8.32 Å². The Morgan fingerprint density at radius 3 is 2.18 bits per heavy atom. The van der Waals surface area contributed by atoms with E-state index in [9.17, 15) is 5.11 Å². The maximum absolute atomic E-state index is 9.87. The first-order chi connectivity index (χ1) is 10.3. The van der Waals surface area contributed by atoms with Crippen LogP contribution in [0.15, 0.2) is 12.2 Å². The lowest BCUT2D eigenvalue weighted by Gasteiger charge is -2.50. The molecule has 0 radical (unpaired) electrons. The van der Waals surface area contributed by atoms with Crippen LogP contribution >= 0.6 is 0 Å². The Morgan fingerprint density at radius 2 is 1.64 bits per heavy atom. The molecule has 22 heavy (non-hydrogen) atoms. The Kier molecular flexibility index (Phi) is 5.92. The van der Waals surface area contributed by atoms with Gasteiger partial charge in [0.25, 0.3) is 0 Å². The number of nitrogens with zero attached hydrogens (tertiary/aromatic N) is 1. The van der Waals surface area contributed by atoms with Gasteiger partial charge in [0.1, 0.15) is 0 Å². The molecule has 0 aliphatic carbocycles. The number of hydrogen-bond acceptors (Lipinski definition) is 3. The zero-order valence-corrected chi connectivity index (χ0v) is 16.2. The summed E-state index contributed by atoms with van der Waals surface area (Å²) < 4.78 is 7.03. The average molecular weight is 326 g/mol. The minimum absolute atomic E-state index is 0.302. The molecule has 1 saturated heterocycles. The highest BCUT2D eigenvalue weighted by molar-refractivity contribution is 6.77. The van der Waals surface area contributed by atoms with E-state index >= 15 is 0 Å². The van der Waals surface area contributed by atoms with Crippen LogP contribution in [-0.2, 0) is 4.43 Å². The molecule has 3 nitrogen and oxygen atoms in total. The Morgan fingerprint density at radius 1 is 1.05 bits per heavy atom. The molecule has 0 amide bonds. The first-order valence-corrected chi connectivity index (χ1v) is 11.2. The first kappa shape index (κ1) is 18.2. The van der Waals surface area contributed by atoms with Crippen molar-refractivity contribution in [3.8, 4) is 0 Å². The van der Waals surface area contributed by atoms with Crippen LogP contribution in [0.4, 0.5) is 0 Å². The van der Waals surface area contributed by atoms with Gasteiger partial charge in [-0.1, -0.05) is 53.7 Å². The monoisotopic (exact) mass is 325 g/mol. The van der Waals surface area contributed by atoms with Crippen LogP contribution in [0.1, 0.15) is 54.4 Å². The van der Waals surface area contributed by atoms with E-state index < -0.39 is 8.32 Å². The molecule has 0 bridgehead atoms. The lowest BCUT2D eigenvalue weighted by molar-refractivity contribution is 0.0124. The number of hydrogen-bond donors (Lipinski definition) is 1. The van der Waals surface area contributed by atoms with Crippen molar-refractivity contribution < 1.29 is 9.53 Å². The number of fused-ring (bicyclic) bond motifs is 1. The van der Waals surface area contributed by atoms with Crippen LogP contribution < -0.4 is 0 Å². The summed E-state index contributed by atoms with van der Waals surface area (Å²) >= 11 is 0. The molecular formula is C18H35NO2Si. The van der Waals surface area contributed by atoms with E-state index in [1.807, 2.05) is 6.08 Å². The van der Waals surface area contributed by atoms with Crippen LogP contribution in [0.2, 0.25) is 16.6 Å². The SMILES string of the molecule is CC(C)[Si](O[C@@H]1CCCN2C[C@@H](O)C=C[C@@H]12)(C(C)C)C(C)C. The van der Waals surface area contributed by atoms with Crippen molar-refractivity contribution in [2.24, 2.45) is 0 Å². The fourth-order valence-corrected chi connectivity index (χ4v) is 10.4. The summed E-state index contributed by atoms with van der Waals surface area (Å²) in [7, 11) is -1.83. The standard InChI is InChI=1S/C18H35NO2Si/c1-13(2)22(14(3)4,15(5)6)21-18-8-7-11-19-12-16(20)9-10-17(18)19/h9-10,13-18,20H,7-8,11-12H2,1-6H3/t16-,17-,18+/m0/s1. The third-order valence-electron chi connectivity index (χ3n) is 5.75. The van der Waals surface area contributed by atoms with Crippen molar-refractivity contribution >= 4 is 8.32 Å². The molecule has 0 aromatic heterocycles. The van der Waals surface area contributed by atoms with Crippen molar-refractivity contribution in [2.45, 2.75) is 89.3 Å². The van der Waals surface area contributed by atoms with Crippen molar-refractivity contribution in [3.63, 3.8) is 0 Å². The molecule has 0 aromatic carbocycles. The fourth-order valence-electron chi connectivity index (χ4n) is 4.85. The molecule has 2 aliphatic rings. The molecule has 0 unspecified atom stereocenters. The van der Waals surface area contributed by atoms with Gasteiger partial charge in [0.05, 0.1) is 18.2 Å². The second kappa shape index (κ2) is 7.16. The number of piperidine rings is 1. The van der Waals surface area contributed by atoms with E-state index in [4.69, 9.17) is 4.43 Å². The lowest BCUT2D eigenvalue weighted by Crippen LogP contribution is -2.58. The zero-order chi connectivity index (χ0) is 16.5. The molecule has 3 atom stereocenters. The Balaban J connectivity index is 2.23. The molecule has 0 aromatic rings. The molecule has 1 fully saturated rings. The summed E-state index contributed by atoms with van der Waals surface area (Å²) in [6.45, 7) is 16.0. The quantitative estimate of drug-likeness (QED) is 0.614. The maximum atomic E-state index is 9.87. The van der Waals surface area contributed by atoms with Crippen LogP contribution in [0.25, 0.3) is 0 Å². The topological polar surface area (TPSA) is 32.7 Å². The first-order valence-electron chi connectivity index (χ1n) is 9.07. The van der Waals surface area contributed by atoms with Crippen LogP contribution in [-0.4, -0.2) is 49.7 Å². The summed E-state index contributed by atoms with van der Waals surface area (Å²) in [5, 5.41) is 9.87. The third-order valence-corrected chi connectivity index (χ3v) is 11.9. The summed E-state index contributed by atoms with van der Waals surface area (Å²) in [6, 6.07) is 0.361. The molecule has 128 valence electrons. The van der Waals surface area contributed by atoms with Gasteiger partial charge in [-0.05, 0) is 36.0 Å². The molecule has 0 saturated carbocycles. The van der Waals surface area contributed by atoms with Gasteiger partial charge < -0.3 is 9.53 Å². The number of aliphatic hydroxyl groups is 1. The maximum Gasteiger partial charge on any atom is 0.200 e. The summed E-state index contributed by atoms with van der Waals surface area (Å²) in [5.74, 6) is 0. The van der Waals surface area contributed by atoms with Gasteiger partial charge in [-0.2, -0.15) is 0 Å². The lowest BCUT2D eigenvalue weighted by atomic mass is 9.95.